The van der Waals surface area contributed by atoms with Gasteiger partial charge in [-0.2, -0.15) is 10.2 Å². The summed E-state index contributed by atoms with van der Waals surface area (Å²) in [6, 6.07) is 11.4. The number of amides is 2. The minimum absolute atomic E-state index is 0.0602. The van der Waals surface area contributed by atoms with Gasteiger partial charge in [0.25, 0.3) is 5.91 Å². The van der Waals surface area contributed by atoms with Gasteiger partial charge in [0.05, 0.1) is 11.3 Å². The maximum atomic E-state index is 13.1. The van der Waals surface area contributed by atoms with Crippen molar-refractivity contribution < 1.29 is 9.59 Å². The quantitative estimate of drug-likeness (QED) is 0.606. The van der Waals surface area contributed by atoms with E-state index >= 15 is 0 Å². The molecular weight excluding hydrogens is 430 g/mol. The first-order valence-electron chi connectivity index (χ1n) is 11.6. The first kappa shape index (κ1) is 23.5. The van der Waals surface area contributed by atoms with Crippen LogP contribution in [0.15, 0.2) is 36.4 Å². The van der Waals surface area contributed by atoms with Crippen LogP contribution in [-0.4, -0.2) is 62.9 Å². The van der Waals surface area contributed by atoms with E-state index in [0.717, 1.165) is 22.8 Å². The molecule has 1 saturated heterocycles. The van der Waals surface area contributed by atoms with E-state index < -0.39 is 0 Å². The molecule has 3 aromatic rings. The number of aromatic nitrogens is 4. The topological polar surface area (TPSA) is 99.2 Å². The van der Waals surface area contributed by atoms with E-state index in [-0.39, 0.29) is 23.8 Å². The number of carbonyl (C=O) groups is 2. The Kier molecular flexibility index (Phi) is 6.45. The van der Waals surface area contributed by atoms with Gasteiger partial charge in [0.2, 0.25) is 5.91 Å². The van der Waals surface area contributed by atoms with Crippen molar-refractivity contribution in [2.75, 3.05) is 36.4 Å². The highest BCUT2D eigenvalue weighted by Crippen LogP contribution is 2.25. The molecule has 0 saturated carbocycles. The van der Waals surface area contributed by atoms with Crippen LogP contribution in [0.1, 0.15) is 48.2 Å². The van der Waals surface area contributed by atoms with E-state index in [1.54, 1.807) is 4.68 Å². The third-order valence-electron chi connectivity index (χ3n) is 6.14. The van der Waals surface area contributed by atoms with Crippen LogP contribution in [0.2, 0.25) is 0 Å². The number of piperazine rings is 1. The number of hydrogen-bond acceptors (Lipinski definition) is 5. The van der Waals surface area contributed by atoms with Crippen molar-refractivity contribution in [3.05, 3.63) is 59.0 Å². The van der Waals surface area contributed by atoms with E-state index in [9.17, 15) is 9.59 Å². The number of anilines is 2. The van der Waals surface area contributed by atoms with E-state index in [0.29, 0.717) is 37.6 Å². The predicted molar refractivity (Wildman–Crippen MR) is 132 cm³/mol. The molecule has 2 aromatic heterocycles. The van der Waals surface area contributed by atoms with Gasteiger partial charge in [-0.25, -0.2) is 0 Å². The highest BCUT2D eigenvalue weighted by molar-refractivity contribution is 6.07. The Balaban J connectivity index is 1.40. The molecule has 3 heterocycles. The molecule has 0 radical (unpaired) electrons. The highest BCUT2D eigenvalue weighted by Gasteiger charge is 2.25. The van der Waals surface area contributed by atoms with Crippen LogP contribution in [0.4, 0.5) is 11.5 Å². The molecule has 0 aliphatic carbocycles. The minimum atomic E-state index is -0.203. The molecule has 0 bridgehead atoms. The van der Waals surface area contributed by atoms with Gasteiger partial charge in [0.15, 0.2) is 5.82 Å². The Hall–Kier alpha value is -3.62. The summed E-state index contributed by atoms with van der Waals surface area (Å²) in [5.41, 5.74) is 4.21. The van der Waals surface area contributed by atoms with Crippen molar-refractivity contribution in [3.63, 3.8) is 0 Å². The summed E-state index contributed by atoms with van der Waals surface area (Å²) in [6.07, 6.45) is 0. The van der Waals surface area contributed by atoms with Crippen LogP contribution >= 0.6 is 0 Å². The van der Waals surface area contributed by atoms with Gasteiger partial charge in [-0.05, 0) is 32.0 Å². The summed E-state index contributed by atoms with van der Waals surface area (Å²) in [5.74, 6) is 0.361. The lowest BCUT2D eigenvalue weighted by molar-refractivity contribution is -0.132. The van der Waals surface area contributed by atoms with Gasteiger partial charge in [0.1, 0.15) is 6.54 Å². The second-order valence-electron chi connectivity index (χ2n) is 9.84. The van der Waals surface area contributed by atoms with E-state index in [4.69, 9.17) is 0 Å². The number of nitrogens with zero attached hydrogens (tertiary/aromatic N) is 5. The number of aryl methyl sites for hydroxylation is 2. The standard InChI is InChI=1S/C25H33N7O2/c1-17-14-18(2)32(29-17)16-23(33)31-12-10-30(11-13-31)20-9-7-6-8-19(20)24(34)26-22-15-21(27-28-22)25(3,4)5/h6-9,14-15H,10-13,16H2,1-5H3,(H2,26,27,28,34). The predicted octanol–water partition coefficient (Wildman–Crippen LogP) is 3.12. The molecule has 9 nitrogen and oxygen atoms in total. The lowest BCUT2D eigenvalue weighted by Gasteiger charge is -2.36. The number of carbonyl (C=O) groups excluding carboxylic acids is 2. The third-order valence-corrected chi connectivity index (χ3v) is 6.14. The molecule has 9 heteroatoms. The zero-order valence-electron chi connectivity index (χ0n) is 20.6. The van der Waals surface area contributed by atoms with Crippen molar-refractivity contribution in [1.29, 1.82) is 0 Å². The Morgan fingerprint density at radius 1 is 1.06 bits per heavy atom. The van der Waals surface area contributed by atoms with Gasteiger partial charge in [-0.3, -0.25) is 19.4 Å². The Labute approximate surface area is 200 Å². The Morgan fingerprint density at radius 3 is 2.38 bits per heavy atom. The van der Waals surface area contributed by atoms with Crippen molar-refractivity contribution >= 4 is 23.3 Å². The number of hydrogen-bond donors (Lipinski definition) is 2. The Bertz CT molecular complexity index is 1180. The zero-order valence-corrected chi connectivity index (χ0v) is 20.6. The number of aromatic amines is 1. The Morgan fingerprint density at radius 2 is 1.76 bits per heavy atom. The molecule has 2 N–H and O–H groups in total. The molecule has 1 fully saturated rings. The molecular formula is C25H33N7O2. The first-order chi connectivity index (χ1) is 16.1. The molecule has 0 unspecified atom stereocenters. The average Bonchev–Trinajstić information content (AvgIpc) is 3.39. The summed E-state index contributed by atoms with van der Waals surface area (Å²) < 4.78 is 1.75. The van der Waals surface area contributed by atoms with E-state index in [2.05, 4.69) is 46.3 Å². The van der Waals surface area contributed by atoms with Crippen molar-refractivity contribution in [3.8, 4) is 0 Å². The van der Waals surface area contributed by atoms with Crippen LogP contribution in [0.25, 0.3) is 0 Å². The van der Waals surface area contributed by atoms with Crippen LogP contribution in [0, 0.1) is 13.8 Å². The van der Waals surface area contributed by atoms with E-state index in [1.807, 2.05) is 55.1 Å². The summed E-state index contributed by atoms with van der Waals surface area (Å²) >= 11 is 0. The summed E-state index contributed by atoms with van der Waals surface area (Å²) in [7, 11) is 0. The second kappa shape index (κ2) is 9.32. The molecule has 1 aromatic carbocycles. The maximum absolute atomic E-state index is 13.1. The SMILES string of the molecule is Cc1cc(C)n(CC(=O)N2CCN(c3ccccc3C(=O)Nc3cc(C(C)(C)C)[nH]n3)CC2)n1. The van der Waals surface area contributed by atoms with Crippen molar-refractivity contribution in [1.82, 2.24) is 24.9 Å². The van der Waals surface area contributed by atoms with Crippen LogP contribution < -0.4 is 10.2 Å². The third kappa shape index (κ3) is 5.13. The maximum Gasteiger partial charge on any atom is 0.258 e. The lowest BCUT2D eigenvalue weighted by Crippen LogP contribution is -2.50. The summed E-state index contributed by atoms with van der Waals surface area (Å²) in [4.78, 5) is 29.9. The van der Waals surface area contributed by atoms with Crippen LogP contribution in [0.5, 0.6) is 0 Å². The monoisotopic (exact) mass is 463 g/mol. The van der Waals surface area contributed by atoms with Crippen LogP contribution in [0.3, 0.4) is 0 Å². The summed E-state index contributed by atoms with van der Waals surface area (Å²) in [6.45, 7) is 12.9. The highest BCUT2D eigenvalue weighted by atomic mass is 16.2. The lowest BCUT2D eigenvalue weighted by atomic mass is 9.92. The zero-order chi connectivity index (χ0) is 24.5. The van der Waals surface area contributed by atoms with Gasteiger partial charge >= 0.3 is 0 Å². The smallest absolute Gasteiger partial charge is 0.258 e. The number of benzene rings is 1. The van der Waals surface area contributed by atoms with Crippen molar-refractivity contribution in [2.45, 2.75) is 46.6 Å². The molecule has 1 aliphatic heterocycles. The fourth-order valence-electron chi connectivity index (χ4n) is 4.15. The summed E-state index contributed by atoms with van der Waals surface area (Å²) in [5, 5.41) is 14.5. The van der Waals surface area contributed by atoms with E-state index in [1.165, 1.54) is 0 Å². The number of nitrogens with one attached hydrogen (secondary N) is 2. The molecule has 4 rings (SSSR count). The average molecular weight is 464 g/mol. The second-order valence-corrected chi connectivity index (χ2v) is 9.84. The number of para-hydroxylation sites is 1. The van der Waals surface area contributed by atoms with Gasteiger partial charge < -0.3 is 15.1 Å². The number of H-pyrrole nitrogens is 1. The normalized spacial score (nSPS) is 14.4. The van der Waals surface area contributed by atoms with Crippen molar-refractivity contribution in [2.24, 2.45) is 0 Å². The number of rotatable bonds is 5. The first-order valence-corrected chi connectivity index (χ1v) is 11.6. The minimum Gasteiger partial charge on any atom is -0.367 e. The van der Waals surface area contributed by atoms with Gasteiger partial charge in [-0.1, -0.05) is 32.9 Å². The fourth-order valence-corrected chi connectivity index (χ4v) is 4.15. The van der Waals surface area contributed by atoms with Crippen LogP contribution in [-0.2, 0) is 16.8 Å². The van der Waals surface area contributed by atoms with Gasteiger partial charge in [-0.15, -0.1) is 0 Å². The fraction of sp³-hybridized carbons (Fsp3) is 0.440. The molecule has 2 amide bonds. The molecule has 0 atom stereocenters. The molecule has 0 spiro atoms. The molecule has 34 heavy (non-hydrogen) atoms. The molecule has 180 valence electrons. The molecule has 1 aliphatic rings. The van der Waals surface area contributed by atoms with Gasteiger partial charge in [0, 0.05) is 54.7 Å². The largest absolute Gasteiger partial charge is 0.367 e.